The van der Waals surface area contributed by atoms with Gasteiger partial charge in [0.2, 0.25) is 5.78 Å². The molecule has 3 aromatic heterocycles. The highest BCUT2D eigenvalue weighted by Gasteiger charge is 2.38. The highest BCUT2D eigenvalue weighted by atomic mass is 16.4. The molecule has 0 spiro atoms. The van der Waals surface area contributed by atoms with E-state index in [1.165, 1.54) is 6.42 Å². The molecule has 0 aliphatic heterocycles. The zero-order chi connectivity index (χ0) is 31.6. The third kappa shape index (κ3) is 4.21. The molecule has 2 aliphatic rings. The molecule has 0 unspecified atom stereocenters. The van der Waals surface area contributed by atoms with Gasteiger partial charge in [-0.2, -0.15) is 0 Å². The van der Waals surface area contributed by atoms with Gasteiger partial charge in [-0.05, 0) is 36.1 Å². The van der Waals surface area contributed by atoms with Gasteiger partial charge in [0.05, 0.1) is 10.9 Å². The summed E-state index contributed by atoms with van der Waals surface area (Å²) < 4.78 is 18.7. The molecule has 9 rings (SSSR count). The Kier molecular flexibility index (Phi) is 6.25. The number of hydrogen-bond donors (Lipinski definition) is 0. The fourth-order valence-corrected chi connectivity index (χ4v) is 7.48. The average molecular weight is 617 g/mol. The van der Waals surface area contributed by atoms with Crippen molar-refractivity contribution in [3.8, 4) is 33.6 Å². The number of para-hydroxylation sites is 1. The summed E-state index contributed by atoms with van der Waals surface area (Å²) in [5, 5.41) is 1.21. The molecular formula is C41H28O6. The number of rotatable bonds is 4. The zero-order valence-corrected chi connectivity index (χ0v) is 25.4. The van der Waals surface area contributed by atoms with Gasteiger partial charge in [-0.25, -0.2) is 4.79 Å². The minimum atomic E-state index is -0.429. The summed E-state index contributed by atoms with van der Waals surface area (Å²) in [5.41, 5.74) is 5.23. The Hall–Kier alpha value is -5.75. The Balaban J connectivity index is 1.25. The predicted molar refractivity (Wildman–Crippen MR) is 180 cm³/mol. The van der Waals surface area contributed by atoms with E-state index in [0.717, 1.165) is 59.1 Å². The first kappa shape index (κ1) is 27.6. The van der Waals surface area contributed by atoms with E-state index >= 15 is 0 Å². The van der Waals surface area contributed by atoms with Gasteiger partial charge < -0.3 is 13.3 Å². The number of ketones is 2. The van der Waals surface area contributed by atoms with Crippen LogP contribution in [0.3, 0.4) is 0 Å². The summed E-state index contributed by atoms with van der Waals surface area (Å²) in [7, 11) is 0. The second-order valence-electron chi connectivity index (χ2n) is 12.4. The lowest BCUT2D eigenvalue weighted by Gasteiger charge is -2.21. The molecule has 0 saturated heterocycles. The van der Waals surface area contributed by atoms with E-state index in [9.17, 15) is 14.4 Å². The van der Waals surface area contributed by atoms with E-state index in [1.807, 2.05) is 72.8 Å². The number of furan rings is 2. The Morgan fingerprint density at radius 1 is 0.511 bits per heavy atom. The zero-order valence-electron chi connectivity index (χ0n) is 25.4. The summed E-state index contributed by atoms with van der Waals surface area (Å²) >= 11 is 0. The molecule has 2 aliphatic carbocycles. The van der Waals surface area contributed by atoms with Crippen LogP contribution in [0.1, 0.15) is 75.8 Å². The summed E-state index contributed by atoms with van der Waals surface area (Å²) in [6.07, 6.45) is 5.40. The molecule has 0 bridgehead atoms. The summed E-state index contributed by atoms with van der Waals surface area (Å²) in [6.45, 7) is 0. The smallest absolute Gasteiger partial charge is 0.348 e. The number of benzene rings is 4. The van der Waals surface area contributed by atoms with Crippen LogP contribution in [0, 0.1) is 0 Å². The van der Waals surface area contributed by atoms with Crippen molar-refractivity contribution < 1.29 is 22.8 Å². The van der Waals surface area contributed by atoms with Gasteiger partial charge in [-0.3, -0.25) is 9.59 Å². The SMILES string of the molecule is O=C1c2ccccc2C(=O)c2c1oc(-c1ccccc1)c2-c1ccc(-c2c(C3CCCCC3)oc3c2c(=O)oc2ccccc23)cc1. The van der Waals surface area contributed by atoms with Crippen LogP contribution in [0.5, 0.6) is 0 Å². The first-order chi connectivity index (χ1) is 23.1. The number of carbonyl (C=O) groups is 2. The van der Waals surface area contributed by atoms with Crippen molar-refractivity contribution in [3.05, 3.63) is 142 Å². The summed E-state index contributed by atoms with van der Waals surface area (Å²) in [4.78, 5) is 41.2. The van der Waals surface area contributed by atoms with Crippen molar-refractivity contribution in [1.29, 1.82) is 0 Å². The van der Waals surface area contributed by atoms with E-state index in [0.29, 0.717) is 39.0 Å². The van der Waals surface area contributed by atoms with Crippen molar-refractivity contribution >= 4 is 33.5 Å². The van der Waals surface area contributed by atoms with E-state index in [-0.39, 0.29) is 28.8 Å². The molecule has 4 aromatic carbocycles. The first-order valence-corrected chi connectivity index (χ1v) is 16.1. The first-order valence-electron chi connectivity index (χ1n) is 16.1. The maximum Gasteiger partial charge on any atom is 0.348 e. The molecule has 3 heterocycles. The van der Waals surface area contributed by atoms with Crippen molar-refractivity contribution in [2.75, 3.05) is 0 Å². The van der Waals surface area contributed by atoms with Crippen LogP contribution in [-0.2, 0) is 0 Å². The molecule has 1 fully saturated rings. The highest BCUT2D eigenvalue weighted by molar-refractivity contribution is 6.30. The number of fused-ring (bicyclic) bond motifs is 5. The minimum absolute atomic E-state index is 0.0523. The van der Waals surface area contributed by atoms with Crippen molar-refractivity contribution in [2.45, 2.75) is 38.0 Å². The number of hydrogen-bond acceptors (Lipinski definition) is 6. The minimum Gasteiger partial charge on any atom is -0.459 e. The van der Waals surface area contributed by atoms with Crippen LogP contribution in [-0.4, -0.2) is 11.6 Å². The molecule has 228 valence electrons. The predicted octanol–water partition coefficient (Wildman–Crippen LogP) is 9.96. The standard InChI is InChI=1S/C41H28O6/c42-35-27-15-7-8-16-28(27)36(43)40-33(35)31(37(47-40)25-11-3-1-4-12-25)23-19-21-24(22-20-23)32-34-39(46-38(32)26-13-5-2-6-14-26)29-17-9-10-18-30(29)45-41(34)44/h1,3-4,7-12,15-22,26H,2,5-6,13-14H2. The molecule has 6 heteroatoms. The normalized spacial score (nSPS) is 14.9. The highest BCUT2D eigenvalue weighted by Crippen LogP contribution is 2.47. The summed E-state index contributed by atoms with van der Waals surface area (Å²) in [5.74, 6) is 0.969. The monoisotopic (exact) mass is 616 g/mol. The van der Waals surface area contributed by atoms with E-state index in [4.69, 9.17) is 13.3 Å². The van der Waals surface area contributed by atoms with E-state index in [1.54, 1.807) is 30.3 Å². The molecule has 0 amide bonds. The van der Waals surface area contributed by atoms with Crippen molar-refractivity contribution in [1.82, 2.24) is 0 Å². The van der Waals surface area contributed by atoms with Gasteiger partial charge in [0.25, 0.3) is 0 Å². The molecule has 6 nitrogen and oxygen atoms in total. The third-order valence-corrected chi connectivity index (χ3v) is 9.71. The van der Waals surface area contributed by atoms with Gasteiger partial charge in [0.1, 0.15) is 22.5 Å². The maximum atomic E-state index is 14.0. The molecule has 1 saturated carbocycles. The second kappa shape index (κ2) is 10.7. The fraction of sp³-hybridized carbons (Fsp3) is 0.146. The molecule has 7 aromatic rings. The molecule has 0 atom stereocenters. The van der Waals surface area contributed by atoms with Crippen LogP contribution in [0.15, 0.2) is 121 Å². The van der Waals surface area contributed by atoms with E-state index < -0.39 is 5.63 Å². The molecule has 0 radical (unpaired) electrons. The van der Waals surface area contributed by atoms with Crippen LogP contribution < -0.4 is 5.63 Å². The van der Waals surface area contributed by atoms with Crippen molar-refractivity contribution in [2.24, 2.45) is 0 Å². The molecular weight excluding hydrogens is 588 g/mol. The van der Waals surface area contributed by atoms with Crippen LogP contribution in [0.4, 0.5) is 0 Å². The summed E-state index contributed by atoms with van der Waals surface area (Å²) in [6, 6.07) is 31.6. The third-order valence-electron chi connectivity index (χ3n) is 9.71. The van der Waals surface area contributed by atoms with Crippen LogP contribution in [0.2, 0.25) is 0 Å². The quantitative estimate of drug-likeness (QED) is 0.183. The lowest BCUT2D eigenvalue weighted by atomic mass is 9.83. The second-order valence-corrected chi connectivity index (χ2v) is 12.4. The Morgan fingerprint density at radius 2 is 1.15 bits per heavy atom. The number of carbonyl (C=O) groups excluding carboxylic acids is 2. The van der Waals surface area contributed by atoms with Crippen LogP contribution in [0.25, 0.3) is 55.5 Å². The lowest BCUT2D eigenvalue weighted by Crippen LogP contribution is -2.19. The molecule has 47 heavy (non-hydrogen) atoms. The topological polar surface area (TPSA) is 90.6 Å². The van der Waals surface area contributed by atoms with E-state index in [2.05, 4.69) is 0 Å². The lowest BCUT2D eigenvalue weighted by molar-refractivity contribution is 0.0961. The maximum absolute atomic E-state index is 14.0. The van der Waals surface area contributed by atoms with Crippen LogP contribution >= 0.6 is 0 Å². The largest absolute Gasteiger partial charge is 0.459 e. The van der Waals surface area contributed by atoms with Gasteiger partial charge in [0, 0.05) is 33.7 Å². The fourth-order valence-electron chi connectivity index (χ4n) is 7.48. The Labute approximate surface area is 269 Å². The Morgan fingerprint density at radius 3 is 1.89 bits per heavy atom. The van der Waals surface area contributed by atoms with Gasteiger partial charge in [0.15, 0.2) is 17.1 Å². The van der Waals surface area contributed by atoms with Gasteiger partial charge in [-0.1, -0.05) is 110 Å². The molecule has 0 N–H and O–H groups in total. The average Bonchev–Trinajstić information content (AvgIpc) is 3.73. The van der Waals surface area contributed by atoms with Crippen molar-refractivity contribution in [3.63, 3.8) is 0 Å². The van der Waals surface area contributed by atoms with Gasteiger partial charge in [-0.15, -0.1) is 0 Å². The van der Waals surface area contributed by atoms with Gasteiger partial charge >= 0.3 is 5.63 Å². The Bertz CT molecular complexity index is 2430.